The van der Waals surface area contributed by atoms with Crippen LogP contribution in [0.4, 0.5) is 4.39 Å². The van der Waals surface area contributed by atoms with Gasteiger partial charge in [-0.05, 0) is 60.4 Å². The second-order valence-electron chi connectivity index (χ2n) is 6.53. The van der Waals surface area contributed by atoms with Crippen molar-refractivity contribution in [3.8, 4) is 0 Å². The highest BCUT2D eigenvalue weighted by molar-refractivity contribution is 5.89. The normalized spacial score (nSPS) is 11.1. The van der Waals surface area contributed by atoms with Crippen molar-refractivity contribution >= 4 is 16.9 Å². The van der Waals surface area contributed by atoms with Gasteiger partial charge in [0.2, 0.25) is 0 Å². The largest absolute Gasteiger partial charge is 0.457 e. The van der Waals surface area contributed by atoms with Gasteiger partial charge in [0.25, 0.3) is 0 Å². The van der Waals surface area contributed by atoms with E-state index < -0.39 is 17.4 Å². The van der Waals surface area contributed by atoms with E-state index in [1.54, 1.807) is 0 Å². The lowest BCUT2D eigenvalue weighted by Crippen LogP contribution is -2.08. The minimum Gasteiger partial charge on any atom is -0.457 e. The number of carbonyl (C=O) groups excluding carboxylic acids is 1. The van der Waals surface area contributed by atoms with Gasteiger partial charge in [-0.15, -0.1) is 0 Å². The number of benzene rings is 2. The Morgan fingerprint density at radius 2 is 1.85 bits per heavy atom. The van der Waals surface area contributed by atoms with Crippen LogP contribution in [0.25, 0.3) is 11.0 Å². The van der Waals surface area contributed by atoms with Gasteiger partial charge in [-0.3, -0.25) is 0 Å². The molecule has 0 aliphatic carbocycles. The maximum absolute atomic E-state index is 13.0. The van der Waals surface area contributed by atoms with Crippen LogP contribution in [0, 0.1) is 12.7 Å². The fourth-order valence-electron chi connectivity index (χ4n) is 2.95. The average molecular weight is 354 g/mol. The third kappa shape index (κ3) is 3.67. The van der Waals surface area contributed by atoms with E-state index in [0.29, 0.717) is 17.1 Å². The number of hydrogen-bond acceptors (Lipinski definition) is 4. The molecule has 0 unspecified atom stereocenters. The van der Waals surface area contributed by atoms with Gasteiger partial charge in [0, 0.05) is 17.0 Å². The molecule has 0 saturated heterocycles. The first-order chi connectivity index (χ1) is 12.3. The van der Waals surface area contributed by atoms with Crippen LogP contribution in [0.15, 0.2) is 51.7 Å². The molecule has 0 fully saturated rings. The zero-order valence-electron chi connectivity index (χ0n) is 14.8. The zero-order chi connectivity index (χ0) is 18.8. The van der Waals surface area contributed by atoms with Gasteiger partial charge >= 0.3 is 11.6 Å². The lowest BCUT2D eigenvalue weighted by Gasteiger charge is -2.13. The first-order valence-corrected chi connectivity index (χ1v) is 8.35. The van der Waals surface area contributed by atoms with E-state index in [4.69, 9.17) is 9.15 Å². The summed E-state index contributed by atoms with van der Waals surface area (Å²) in [6, 6.07) is 10.2. The molecule has 0 aliphatic rings. The molecular formula is C21H19FO4. The monoisotopic (exact) mass is 354 g/mol. The molecule has 3 rings (SSSR count). The number of carbonyl (C=O) groups is 1. The molecule has 1 aromatic heterocycles. The van der Waals surface area contributed by atoms with E-state index in [-0.39, 0.29) is 12.2 Å². The Bertz CT molecular complexity index is 1020. The molecule has 5 heteroatoms. The van der Waals surface area contributed by atoms with Crippen LogP contribution in [0.2, 0.25) is 0 Å². The highest BCUT2D eigenvalue weighted by Crippen LogP contribution is 2.27. The lowest BCUT2D eigenvalue weighted by atomic mass is 9.95. The summed E-state index contributed by atoms with van der Waals surface area (Å²) in [7, 11) is 0. The summed E-state index contributed by atoms with van der Waals surface area (Å²) >= 11 is 0. The predicted octanol–water partition coefficient (Wildman–Crippen LogP) is 4.72. The summed E-state index contributed by atoms with van der Waals surface area (Å²) in [5.41, 5.74) is 2.97. The number of halogens is 1. The van der Waals surface area contributed by atoms with Crippen molar-refractivity contribution in [1.29, 1.82) is 0 Å². The van der Waals surface area contributed by atoms with Gasteiger partial charge < -0.3 is 9.15 Å². The fraction of sp³-hybridized carbons (Fsp3) is 0.238. The molecule has 26 heavy (non-hydrogen) atoms. The Balaban J connectivity index is 1.93. The Morgan fingerprint density at radius 1 is 1.15 bits per heavy atom. The van der Waals surface area contributed by atoms with Crippen LogP contribution in [0.3, 0.4) is 0 Å². The van der Waals surface area contributed by atoms with Crippen molar-refractivity contribution in [1.82, 2.24) is 0 Å². The van der Waals surface area contributed by atoms with Crippen LogP contribution in [0.5, 0.6) is 0 Å². The summed E-state index contributed by atoms with van der Waals surface area (Å²) < 4.78 is 23.5. The van der Waals surface area contributed by atoms with Crippen LogP contribution >= 0.6 is 0 Å². The molecule has 1 heterocycles. The van der Waals surface area contributed by atoms with E-state index in [9.17, 15) is 14.0 Å². The van der Waals surface area contributed by atoms with Crippen LogP contribution in [0.1, 0.15) is 46.8 Å². The van der Waals surface area contributed by atoms with E-state index in [0.717, 1.165) is 16.5 Å². The number of fused-ring (bicyclic) bond motifs is 1. The molecule has 0 radical (unpaired) electrons. The van der Waals surface area contributed by atoms with Crippen molar-refractivity contribution in [2.45, 2.75) is 33.3 Å². The molecule has 0 atom stereocenters. The zero-order valence-corrected chi connectivity index (χ0v) is 14.8. The maximum atomic E-state index is 13.0. The smallest absolute Gasteiger partial charge is 0.338 e. The highest BCUT2D eigenvalue weighted by Gasteiger charge is 2.13. The van der Waals surface area contributed by atoms with Crippen LogP contribution in [-0.4, -0.2) is 5.97 Å². The molecule has 0 N–H and O–H groups in total. The van der Waals surface area contributed by atoms with Crippen LogP contribution < -0.4 is 5.63 Å². The Hall–Kier alpha value is -2.95. The van der Waals surface area contributed by atoms with Gasteiger partial charge in [-0.1, -0.05) is 13.8 Å². The van der Waals surface area contributed by atoms with Gasteiger partial charge in [-0.2, -0.15) is 0 Å². The summed E-state index contributed by atoms with van der Waals surface area (Å²) in [4.78, 5) is 24.0. The summed E-state index contributed by atoms with van der Waals surface area (Å²) in [5, 5.41) is 0.741. The van der Waals surface area contributed by atoms with E-state index in [1.165, 1.54) is 30.3 Å². The molecular weight excluding hydrogens is 335 g/mol. The summed E-state index contributed by atoms with van der Waals surface area (Å²) in [6.07, 6.45) is 0. The van der Waals surface area contributed by atoms with Gasteiger partial charge in [-0.25, -0.2) is 14.0 Å². The quantitative estimate of drug-likeness (QED) is 0.502. The number of esters is 1. The SMILES string of the molecule is Cc1cc2oc(=O)cc(COC(=O)c3ccc(F)cc3)c2cc1C(C)C. The second kappa shape index (κ2) is 7.12. The first-order valence-electron chi connectivity index (χ1n) is 8.35. The lowest BCUT2D eigenvalue weighted by molar-refractivity contribution is 0.0474. The van der Waals surface area contributed by atoms with E-state index in [2.05, 4.69) is 13.8 Å². The Kier molecular flexibility index (Phi) is 4.89. The predicted molar refractivity (Wildman–Crippen MR) is 96.8 cm³/mol. The van der Waals surface area contributed by atoms with E-state index in [1.807, 2.05) is 19.1 Å². The van der Waals surface area contributed by atoms with Crippen molar-refractivity contribution in [2.75, 3.05) is 0 Å². The molecule has 0 spiro atoms. The summed E-state index contributed by atoms with van der Waals surface area (Å²) in [5.74, 6) is -0.701. The van der Waals surface area contributed by atoms with Crippen molar-refractivity contribution in [3.63, 3.8) is 0 Å². The average Bonchev–Trinajstić information content (AvgIpc) is 2.59. The van der Waals surface area contributed by atoms with Crippen molar-refractivity contribution in [2.24, 2.45) is 0 Å². The molecule has 134 valence electrons. The van der Waals surface area contributed by atoms with Gasteiger partial charge in [0.05, 0.1) is 5.56 Å². The molecule has 2 aromatic carbocycles. The van der Waals surface area contributed by atoms with Crippen molar-refractivity contribution in [3.05, 3.63) is 81.0 Å². The standard InChI is InChI=1S/C21H19FO4/c1-12(2)17-10-18-15(9-20(23)26-19(18)8-13(17)3)11-25-21(24)14-4-6-16(22)7-5-14/h4-10,12H,11H2,1-3H3. The first kappa shape index (κ1) is 17.9. The fourth-order valence-corrected chi connectivity index (χ4v) is 2.95. The minimum atomic E-state index is -0.581. The molecule has 3 aromatic rings. The number of aryl methyl sites for hydroxylation is 1. The van der Waals surface area contributed by atoms with Gasteiger partial charge in [0.1, 0.15) is 18.0 Å². The minimum absolute atomic E-state index is 0.0705. The molecule has 0 saturated carbocycles. The Labute approximate surface area is 150 Å². The van der Waals surface area contributed by atoms with Crippen molar-refractivity contribution < 1.29 is 18.3 Å². The number of hydrogen-bond donors (Lipinski definition) is 0. The molecule has 0 bridgehead atoms. The Morgan fingerprint density at radius 3 is 2.50 bits per heavy atom. The number of rotatable bonds is 4. The third-order valence-electron chi connectivity index (χ3n) is 4.28. The van der Waals surface area contributed by atoms with Gasteiger partial charge in [0.15, 0.2) is 0 Å². The molecule has 0 aliphatic heterocycles. The topological polar surface area (TPSA) is 56.5 Å². The highest BCUT2D eigenvalue weighted by atomic mass is 19.1. The molecule has 4 nitrogen and oxygen atoms in total. The maximum Gasteiger partial charge on any atom is 0.338 e. The van der Waals surface area contributed by atoms with Crippen LogP contribution in [-0.2, 0) is 11.3 Å². The third-order valence-corrected chi connectivity index (χ3v) is 4.28. The number of ether oxygens (including phenoxy) is 1. The second-order valence-corrected chi connectivity index (χ2v) is 6.53. The summed E-state index contributed by atoms with van der Waals surface area (Å²) in [6.45, 7) is 6.07. The molecule has 0 amide bonds. The van der Waals surface area contributed by atoms with E-state index >= 15 is 0 Å².